The van der Waals surface area contributed by atoms with Crippen LogP contribution < -0.4 is 16.2 Å². The third-order valence-electron chi connectivity index (χ3n) is 5.58. The van der Waals surface area contributed by atoms with Crippen LogP contribution in [0.4, 0.5) is 5.88 Å². The minimum Gasteiger partial charge on any atom is -0.444 e. The highest BCUT2D eigenvalue weighted by Gasteiger charge is 2.24. The van der Waals surface area contributed by atoms with Crippen molar-refractivity contribution in [1.82, 2.24) is 20.4 Å². The van der Waals surface area contributed by atoms with E-state index in [0.29, 0.717) is 40.9 Å². The Balaban J connectivity index is 1.32. The van der Waals surface area contributed by atoms with E-state index >= 15 is 0 Å². The third kappa shape index (κ3) is 4.51. The number of anilines is 1. The SMILES string of the molecule is Cc1n[nH]c(=O)c2c(NC(=O)CN3CCC(NC(=O)c4ccccc4)CC3)oc(C)c12. The third-order valence-corrected chi connectivity index (χ3v) is 5.58. The van der Waals surface area contributed by atoms with E-state index < -0.39 is 5.56 Å². The molecule has 0 spiro atoms. The summed E-state index contributed by atoms with van der Waals surface area (Å²) >= 11 is 0. The molecule has 9 nitrogen and oxygen atoms in total. The fourth-order valence-corrected chi connectivity index (χ4v) is 3.99. The first-order chi connectivity index (χ1) is 14.9. The summed E-state index contributed by atoms with van der Waals surface area (Å²) in [7, 11) is 0. The molecule has 2 aromatic heterocycles. The van der Waals surface area contributed by atoms with Crippen LogP contribution in [0.15, 0.2) is 39.5 Å². The van der Waals surface area contributed by atoms with Crippen molar-refractivity contribution >= 4 is 28.5 Å². The lowest BCUT2D eigenvalue weighted by Crippen LogP contribution is -2.46. The second-order valence-corrected chi connectivity index (χ2v) is 7.81. The normalized spacial score (nSPS) is 15.2. The number of carbonyl (C=O) groups excluding carboxylic acids is 2. The molecule has 4 rings (SSSR count). The Kier molecular flexibility index (Phi) is 5.85. The molecule has 3 aromatic rings. The fourth-order valence-electron chi connectivity index (χ4n) is 3.99. The van der Waals surface area contributed by atoms with E-state index in [1.165, 1.54) is 0 Å². The lowest BCUT2D eigenvalue weighted by molar-refractivity contribution is -0.117. The number of nitrogens with one attached hydrogen (secondary N) is 3. The number of H-pyrrole nitrogens is 1. The van der Waals surface area contributed by atoms with Crippen LogP contribution >= 0.6 is 0 Å². The molecule has 3 N–H and O–H groups in total. The predicted molar refractivity (Wildman–Crippen MR) is 116 cm³/mol. The first kappa shape index (κ1) is 20.8. The molecule has 0 aliphatic carbocycles. The number of likely N-dealkylation sites (tertiary alicyclic amines) is 1. The van der Waals surface area contributed by atoms with E-state index in [9.17, 15) is 14.4 Å². The Morgan fingerprint density at radius 2 is 1.87 bits per heavy atom. The summed E-state index contributed by atoms with van der Waals surface area (Å²) in [4.78, 5) is 39.1. The van der Waals surface area contributed by atoms with Gasteiger partial charge in [0.15, 0.2) is 0 Å². The van der Waals surface area contributed by atoms with Gasteiger partial charge >= 0.3 is 0 Å². The fraction of sp³-hybridized carbons (Fsp3) is 0.364. The van der Waals surface area contributed by atoms with E-state index in [1.807, 2.05) is 23.1 Å². The number of hydrogen-bond donors (Lipinski definition) is 3. The number of carbonyl (C=O) groups is 2. The Hall–Kier alpha value is -3.46. The molecule has 1 aromatic carbocycles. The highest BCUT2D eigenvalue weighted by atomic mass is 16.4. The number of nitrogens with zero attached hydrogens (tertiary/aromatic N) is 2. The van der Waals surface area contributed by atoms with Crippen LogP contribution in [-0.2, 0) is 4.79 Å². The zero-order valence-electron chi connectivity index (χ0n) is 17.5. The molecule has 1 saturated heterocycles. The van der Waals surface area contributed by atoms with Crippen molar-refractivity contribution in [3.05, 3.63) is 57.7 Å². The molecule has 0 bridgehead atoms. The molecular formula is C22H25N5O4. The van der Waals surface area contributed by atoms with Gasteiger partial charge in [0.2, 0.25) is 11.8 Å². The van der Waals surface area contributed by atoms with E-state index in [2.05, 4.69) is 20.8 Å². The number of hydrogen-bond acceptors (Lipinski definition) is 6. The maximum Gasteiger partial charge on any atom is 0.277 e. The van der Waals surface area contributed by atoms with Crippen molar-refractivity contribution in [1.29, 1.82) is 0 Å². The summed E-state index contributed by atoms with van der Waals surface area (Å²) in [6.45, 7) is 5.07. The zero-order chi connectivity index (χ0) is 22.0. The van der Waals surface area contributed by atoms with Gasteiger partial charge in [-0.05, 0) is 38.8 Å². The van der Waals surface area contributed by atoms with Crippen LogP contribution in [0.3, 0.4) is 0 Å². The average Bonchev–Trinajstić information content (AvgIpc) is 3.09. The number of piperidine rings is 1. The largest absolute Gasteiger partial charge is 0.444 e. The number of aromatic nitrogens is 2. The number of amides is 2. The molecular weight excluding hydrogens is 398 g/mol. The van der Waals surface area contributed by atoms with Gasteiger partial charge < -0.3 is 9.73 Å². The molecule has 9 heteroatoms. The second-order valence-electron chi connectivity index (χ2n) is 7.81. The zero-order valence-corrected chi connectivity index (χ0v) is 17.5. The van der Waals surface area contributed by atoms with Gasteiger partial charge in [0, 0.05) is 24.7 Å². The highest BCUT2D eigenvalue weighted by Crippen LogP contribution is 2.28. The molecule has 0 atom stereocenters. The van der Waals surface area contributed by atoms with Gasteiger partial charge in [-0.3, -0.25) is 24.6 Å². The first-order valence-electron chi connectivity index (χ1n) is 10.3. The molecule has 0 saturated carbocycles. The summed E-state index contributed by atoms with van der Waals surface area (Å²) < 4.78 is 5.63. The molecule has 1 aliphatic heterocycles. The Labute approximate surface area is 178 Å². The minimum atomic E-state index is -0.400. The number of aryl methyl sites for hydroxylation is 2. The van der Waals surface area contributed by atoms with Crippen LogP contribution in [0.5, 0.6) is 0 Å². The molecule has 162 valence electrons. The van der Waals surface area contributed by atoms with Crippen LogP contribution in [-0.4, -0.2) is 52.6 Å². The predicted octanol–water partition coefficient (Wildman–Crippen LogP) is 1.97. The number of furan rings is 1. The highest BCUT2D eigenvalue weighted by molar-refractivity contribution is 6.02. The van der Waals surface area contributed by atoms with Gasteiger partial charge in [0.05, 0.1) is 17.6 Å². The summed E-state index contributed by atoms with van der Waals surface area (Å²) in [5.41, 5.74) is 0.879. The Bertz CT molecular complexity index is 1160. The maximum atomic E-state index is 12.6. The molecule has 0 radical (unpaired) electrons. The number of fused-ring (bicyclic) bond motifs is 1. The van der Waals surface area contributed by atoms with Crippen LogP contribution in [0, 0.1) is 13.8 Å². The summed E-state index contributed by atoms with van der Waals surface area (Å²) in [6.07, 6.45) is 1.53. The van der Waals surface area contributed by atoms with E-state index in [0.717, 1.165) is 12.8 Å². The molecule has 3 heterocycles. The summed E-state index contributed by atoms with van der Waals surface area (Å²) in [6, 6.07) is 9.21. The lowest BCUT2D eigenvalue weighted by atomic mass is 10.0. The Morgan fingerprint density at radius 1 is 1.16 bits per heavy atom. The van der Waals surface area contributed by atoms with Gasteiger partial charge in [-0.25, -0.2) is 5.10 Å². The van der Waals surface area contributed by atoms with Crippen LogP contribution in [0.1, 0.15) is 34.7 Å². The summed E-state index contributed by atoms with van der Waals surface area (Å²) in [5.74, 6) is 0.355. The second kappa shape index (κ2) is 8.73. The molecule has 0 unspecified atom stereocenters. The van der Waals surface area contributed by atoms with Crippen molar-refractivity contribution in [3.63, 3.8) is 0 Å². The van der Waals surface area contributed by atoms with Crippen LogP contribution in [0.25, 0.3) is 10.8 Å². The van der Waals surface area contributed by atoms with Gasteiger partial charge in [-0.2, -0.15) is 5.10 Å². The van der Waals surface area contributed by atoms with Crippen molar-refractivity contribution in [2.75, 3.05) is 25.0 Å². The quantitative estimate of drug-likeness (QED) is 0.577. The Morgan fingerprint density at radius 3 is 2.58 bits per heavy atom. The van der Waals surface area contributed by atoms with Gasteiger partial charge in [0.1, 0.15) is 11.1 Å². The van der Waals surface area contributed by atoms with Crippen molar-refractivity contribution in [2.24, 2.45) is 0 Å². The standard InChI is InChI=1S/C22H25N5O4/c1-13-18-14(2)31-22(19(18)21(30)26-25-13)24-17(28)12-27-10-8-16(9-11-27)23-20(29)15-6-4-3-5-7-15/h3-7,16H,8-12H2,1-2H3,(H,23,29)(H,24,28)(H,26,30). The summed E-state index contributed by atoms with van der Waals surface area (Å²) in [5, 5.41) is 13.1. The van der Waals surface area contributed by atoms with Gasteiger partial charge in [-0.1, -0.05) is 18.2 Å². The van der Waals surface area contributed by atoms with Crippen molar-refractivity contribution < 1.29 is 14.0 Å². The topological polar surface area (TPSA) is 120 Å². The van der Waals surface area contributed by atoms with E-state index in [-0.39, 0.29) is 30.3 Å². The van der Waals surface area contributed by atoms with Crippen molar-refractivity contribution in [3.8, 4) is 0 Å². The smallest absolute Gasteiger partial charge is 0.277 e. The molecule has 1 fully saturated rings. The average molecular weight is 423 g/mol. The minimum absolute atomic E-state index is 0.0770. The first-order valence-corrected chi connectivity index (χ1v) is 10.3. The molecule has 31 heavy (non-hydrogen) atoms. The molecule has 2 amide bonds. The number of rotatable bonds is 5. The number of benzene rings is 1. The lowest BCUT2D eigenvalue weighted by Gasteiger charge is -2.31. The van der Waals surface area contributed by atoms with Crippen molar-refractivity contribution in [2.45, 2.75) is 32.7 Å². The van der Waals surface area contributed by atoms with Gasteiger partial charge in [0.25, 0.3) is 11.5 Å². The van der Waals surface area contributed by atoms with E-state index in [1.54, 1.807) is 26.0 Å². The van der Waals surface area contributed by atoms with Crippen LogP contribution in [0.2, 0.25) is 0 Å². The monoisotopic (exact) mass is 423 g/mol. The number of aromatic amines is 1. The molecule has 1 aliphatic rings. The van der Waals surface area contributed by atoms with E-state index in [4.69, 9.17) is 4.42 Å². The van der Waals surface area contributed by atoms with Gasteiger partial charge in [-0.15, -0.1) is 0 Å². The maximum absolute atomic E-state index is 12.6.